The van der Waals surface area contributed by atoms with E-state index in [9.17, 15) is 0 Å². The lowest BCUT2D eigenvalue weighted by Crippen LogP contribution is -2.34. The van der Waals surface area contributed by atoms with Gasteiger partial charge in [0.2, 0.25) is 0 Å². The fraction of sp³-hybridized carbons (Fsp3) is 0.688. The van der Waals surface area contributed by atoms with Gasteiger partial charge >= 0.3 is 0 Å². The first kappa shape index (κ1) is 14.5. The van der Waals surface area contributed by atoms with E-state index >= 15 is 0 Å². The minimum Gasteiger partial charge on any atom is -0.369 e. The molecule has 0 radical (unpaired) electrons. The van der Waals surface area contributed by atoms with E-state index in [0.29, 0.717) is 6.10 Å². The first-order valence-electron chi connectivity index (χ1n) is 7.51. The molecule has 4 atom stereocenters. The monoisotopic (exact) mass is 262 g/mol. The van der Waals surface area contributed by atoms with Gasteiger partial charge in [0, 0.05) is 24.0 Å². The molecule has 2 N–H and O–H groups in total. The van der Waals surface area contributed by atoms with Crippen LogP contribution in [0, 0.1) is 5.92 Å². The molecule has 0 spiro atoms. The number of aromatic nitrogens is 1. The van der Waals surface area contributed by atoms with Crippen LogP contribution in [0.1, 0.15) is 57.6 Å². The molecule has 1 aromatic rings. The highest BCUT2D eigenvalue weighted by atomic mass is 16.5. The van der Waals surface area contributed by atoms with Crippen LogP contribution in [0.15, 0.2) is 24.5 Å². The Morgan fingerprint density at radius 1 is 1.47 bits per heavy atom. The number of rotatable bonds is 5. The molecule has 1 aliphatic carbocycles. The maximum atomic E-state index is 6.34. The van der Waals surface area contributed by atoms with Crippen molar-refractivity contribution in [3.63, 3.8) is 0 Å². The Hall–Kier alpha value is -0.930. The standard InChI is InChI=1S/C16H26N2O/c1-3-15(17)16(13-7-5-9-18-11-13)19-14-8-4-6-12(2)10-14/h5,7,9,11-12,14-16H,3-4,6,8,10,17H2,1-2H3. The van der Waals surface area contributed by atoms with E-state index in [0.717, 1.165) is 30.7 Å². The normalized spacial score (nSPS) is 26.9. The zero-order valence-electron chi connectivity index (χ0n) is 12.1. The summed E-state index contributed by atoms with van der Waals surface area (Å²) in [5.41, 5.74) is 7.35. The summed E-state index contributed by atoms with van der Waals surface area (Å²) < 4.78 is 6.34. The Bertz CT molecular complexity index is 368. The lowest BCUT2D eigenvalue weighted by Gasteiger charge is -2.33. The molecular weight excluding hydrogens is 236 g/mol. The number of hydrogen-bond donors (Lipinski definition) is 1. The van der Waals surface area contributed by atoms with E-state index in [-0.39, 0.29) is 12.1 Å². The van der Waals surface area contributed by atoms with Crippen LogP contribution in [-0.4, -0.2) is 17.1 Å². The van der Waals surface area contributed by atoms with Crippen LogP contribution < -0.4 is 5.73 Å². The van der Waals surface area contributed by atoms with Crippen molar-refractivity contribution in [1.82, 2.24) is 4.98 Å². The molecule has 3 heteroatoms. The van der Waals surface area contributed by atoms with Crippen LogP contribution >= 0.6 is 0 Å². The number of nitrogens with zero attached hydrogens (tertiary/aromatic N) is 1. The summed E-state index contributed by atoms with van der Waals surface area (Å²) in [7, 11) is 0. The molecule has 0 amide bonds. The molecule has 3 nitrogen and oxygen atoms in total. The Morgan fingerprint density at radius 3 is 2.95 bits per heavy atom. The van der Waals surface area contributed by atoms with E-state index in [2.05, 4.69) is 24.9 Å². The second-order valence-electron chi connectivity index (χ2n) is 5.81. The third-order valence-electron chi connectivity index (χ3n) is 4.10. The average Bonchev–Trinajstić information content (AvgIpc) is 2.45. The van der Waals surface area contributed by atoms with E-state index in [4.69, 9.17) is 10.5 Å². The molecule has 19 heavy (non-hydrogen) atoms. The average molecular weight is 262 g/mol. The van der Waals surface area contributed by atoms with Crippen molar-refractivity contribution >= 4 is 0 Å². The molecule has 0 aromatic carbocycles. The van der Waals surface area contributed by atoms with Gasteiger partial charge in [0.05, 0.1) is 12.2 Å². The predicted octanol–water partition coefficient (Wildman–Crippen LogP) is 3.46. The molecule has 1 aliphatic rings. The van der Waals surface area contributed by atoms with Crippen molar-refractivity contribution in [3.05, 3.63) is 30.1 Å². The molecule has 2 rings (SSSR count). The van der Waals surface area contributed by atoms with Crippen LogP contribution in [-0.2, 0) is 4.74 Å². The molecule has 1 saturated carbocycles. The molecule has 0 saturated heterocycles. The summed E-state index contributed by atoms with van der Waals surface area (Å²) >= 11 is 0. The molecular formula is C16H26N2O. The van der Waals surface area contributed by atoms with Gasteiger partial charge in [0.25, 0.3) is 0 Å². The largest absolute Gasteiger partial charge is 0.369 e. The van der Waals surface area contributed by atoms with Crippen molar-refractivity contribution in [2.45, 2.75) is 64.2 Å². The Kier molecular flexibility index (Phi) is 5.34. The lowest BCUT2D eigenvalue weighted by atomic mass is 9.88. The van der Waals surface area contributed by atoms with E-state index in [1.54, 1.807) is 6.20 Å². The molecule has 0 bridgehead atoms. The van der Waals surface area contributed by atoms with Gasteiger partial charge in [0.1, 0.15) is 0 Å². The highest BCUT2D eigenvalue weighted by Crippen LogP contribution is 2.31. The quantitative estimate of drug-likeness (QED) is 0.884. The molecule has 106 valence electrons. The summed E-state index contributed by atoms with van der Waals surface area (Å²) in [6, 6.07) is 4.07. The van der Waals surface area contributed by atoms with Gasteiger partial charge in [-0.25, -0.2) is 0 Å². The Balaban J connectivity index is 2.06. The van der Waals surface area contributed by atoms with Crippen molar-refractivity contribution in [2.24, 2.45) is 11.7 Å². The molecule has 0 aliphatic heterocycles. The first-order valence-corrected chi connectivity index (χ1v) is 7.51. The number of pyridine rings is 1. The molecule has 1 fully saturated rings. The summed E-state index contributed by atoms with van der Waals surface area (Å²) in [6.07, 6.45) is 9.85. The van der Waals surface area contributed by atoms with E-state index < -0.39 is 0 Å². The van der Waals surface area contributed by atoms with E-state index in [1.807, 2.05) is 12.3 Å². The first-order chi connectivity index (χ1) is 9.20. The highest BCUT2D eigenvalue weighted by Gasteiger charge is 2.26. The van der Waals surface area contributed by atoms with E-state index in [1.165, 1.54) is 12.8 Å². The van der Waals surface area contributed by atoms with Gasteiger partial charge in [-0.15, -0.1) is 0 Å². The zero-order chi connectivity index (χ0) is 13.7. The fourth-order valence-corrected chi connectivity index (χ4v) is 2.89. The second-order valence-corrected chi connectivity index (χ2v) is 5.81. The van der Waals surface area contributed by atoms with Crippen LogP contribution in [0.25, 0.3) is 0 Å². The molecule has 1 aromatic heterocycles. The third-order valence-corrected chi connectivity index (χ3v) is 4.10. The second kappa shape index (κ2) is 7.01. The lowest BCUT2D eigenvalue weighted by molar-refractivity contribution is -0.0519. The van der Waals surface area contributed by atoms with Crippen LogP contribution in [0.5, 0.6) is 0 Å². The Labute approximate surface area is 116 Å². The topological polar surface area (TPSA) is 48.1 Å². The van der Waals surface area contributed by atoms with Gasteiger partial charge in [-0.2, -0.15) is 0 Å². The number of hydrogen-bond acceptors (Lipinski definition) is 3. The van der Waals surface area contributed by atoms with Crippen LogP contribution in [0.3, 0.4) is 0 Å². The maximum absolute atomic E-state index is 6.34. The molecule has 4 unspecified atom stereocenters. The van der Waals surface area contributed by atoms with Crippen LogP contribution in [0.4, 0.5) is 0 Å². The minimum absolute atomic E-state index is 0.0194. The fourth-order valence-electron chi connectivity index (χ4n) is 2.89. The third kappa shape index (κ3) is 4.02. The smallest absolute Gasteiger partial charge is 0.0994 e. The van der Waals surface area contributed by atoms with Gasteiger partial charge in [-0.3, -0.25) is 4.98 Å². The number of nitrogens with two attached hydrogens (primary N) is 1. The summed E-state index contributed by atoms with van der Waals surface area (Å²) in [4.78, 5) is 4.19. The van der Waals surface area contributed by atoms with Gasteiger partial charge < -0.3 is 10.5 Å². The summed E-state index contributed by atoms with van der Waals surface area (Å²) in [6.45, 7) is 4.43. The van der Waals surface area contributed by atoms with Crippen molar-refractivity contribution in [2.75, 3.05) is 0 Å². The number of ether oxygens (including phenoxy) is 1. The summed E-state index contributed by atoms with van der Waals surface area (Å²) in [5.74, 6) is 0.770. The maximum Gasteiger partial charge on any atom is 0.0994 e. The van der Waals surface area contributed by atoms with Gasteiger partial charge in [-0.1, -0.05) is 32.8 Å². The minimum atomic E-state index is -0.0194. The van der Waals surface area contributed by atoms with Gasteiger partial charge in [0.15, 0.2) is 0 Å². The Morgan fingerprint density at radius 2 is 2.32 bits per heavy atom. The predicted molar refractivity (Wildman–Crippen MR) is 77.7 cm³/mol. The van der Waals surface area contributed by atoms with Gasteiger partial charge in [-0.05, 0) is 31.2 Å². The SMILES string of the molecule is CCC(N)C(OC1CCCC(C)C1)c1cccnc1. The summed E-state index contributed by atoms with van der Waals surface area (Å²) in [5, 5.41) is 0. The van der Waals surface area contributed by atoms with Crippen molar-refractivity contribution < 1.29 is 4.74 Å². The van der Waals surface area contributed by atoms with Crippen molar-refractivity contribution in [1.29, 1.82) is 0 Å². The molecule has 1 heterocycles. The van der Waals surface area contributed by atoms with Crippen LogP contribution in [0.2, 0.25) is 0 Å². The van der Waals surface area contributed by atoms with Crippen molar-refractivity contribution in [3.8, 4) is 0 Å². The highest BCUT2D eigenvalue weighted by molar-refractivity contribution is 5.14. The zero-order valence-corrected chi connectivity index (χ0v) is 12.1.